The Morgan fingerprint density at radius 1 is 1.16 bits per heavy atom. The summed E-state index contributed by atoms with van der Waals surface area (Å²) in [6.45, 7) is 3.71. The van der Waals surface area contributed by atoms with Crippen LogP contribution >= 0.6 is 0 Å². The van der Waals surface area contributed by atoms with Gasteiger partial charge in [-0.3, -0.25) is 4.79 Å². The highest BCUT2D eigenvalue weighted by atomic mass is 32.2. The molecule has 2 aromatic rings. The number of carbonyl (C=O) groups excluding carboxylic acids is 1. The lowest BCUT2D eigenvalue weighted by molar-refractivity contribution is -0.121. The van der Waals surface area contributed by atoms with Gasteiger partial charge in [-0.1, -0.05) is 5.16 Å². The number of rotatable bonds is 5. The predicted molar refractivity (Wildman–Crippen MR) is 116 cm³/mol. The van der Waals surface area contributed by atoms with Gasteiger partial charge in [0.15, 0.2) is 5.76 Å². The average Bonchev–Trinajstić information content (AvgIpc) is 3.45. The van der Waals surface area contributed by atoms with Crippen LogP contribution in [-0.2, 0) is 31.3 Å². The van der Waals surface area contributed by atoms with E-state index in [0.29, 0.717) is 31.5 Å². The molecule has 2 aliphatic heterocycles. The van der Waals surface area contributed by atoms with Crippen molar-refractivity contribution in [3.8, 4) is 0 Å². The predicted octanol–water partition coefficient (Wildman–Crippen LogP) is 1.28. The number of nitrogens with zero attached hydrogens (tertiary/aromatic N) is 4. The number of sulfonamides is 2. The molecule has 10 nitrogen and oxygen atoms in total. The fraction of sp³-hybridized carbons (Fsp3) is 0.500. The molecule has 0 unspecified atom stereocenters. The molecule has 0 saturated carbocycles. The first-order valence-electron chi connectivity index (χ1n) is 10.3. The van der Waals surface area contributed by atoms with E-state index in [2.05, 4.69) is 5.16 Å². The normalized spacial score (nSPS) is 19.7. The van der Waals surface area contributed by atoms with Gasteiger partial charge in [0.25, 0.3) is 0 Å². The van der Waals surface area contributed by atoms with Crippen LogP contribution in [0, 0.1) is 13.8 Å². The fourth-order valence-corrected chi connectivity index (χ4v) is 7.29. The van der Waals surface area contributed by atoms with E-state index in [-0.39, 0.29) is 33.7 Å². The lowest BCUT2D eigenvalue weighted by Crippen LogP contribution is -2.47. The van der Waals surface area contributed by atoms with Crippen LogP contribution in [0.4, 0.5) is 5.69 Å². The van der Waals surface area contributed by atoms with Gasteiger partial charge in [-0.05, 0) is 56.9 Å². The molecule has 2 aliphatic rings. The highest BCUT2D eigenvalue weighted by Crippen LogP contribution is 2.35. The first-order chi connectivity index (χ1) is 15.0. The number of hydrogen-bond acceptors (Lipinski definition) is 7. The van der Waals surface area contributed by atoms with Crippen LogP contribution in [0.1, 0.15) is 29.9 Å². The van der Waals surface area contributed by atoms with Crippen molar-refractivity contribution in [2.75, 3.05) is 32.1 Å². The van der Waals surface area contributed by atoms with Crippen LogP contribution in [-0.4, -0.2) is 69.7 Å². The maximum atomic E-state index is 13.5. The van der Waals surface area contributed by atoms with Crippen molar-refractivity contribution < 1.29 is 26.2 Å². The molecule has 1 amide bonds. The Kier molecular flexibility index (Phi) is 5.68. The van der Waals surface area contributed by atoms with Crippen LogP contribution in [0.25, 0.3) is 0 Å². The third-order valence-corrected chi connectivity index (χ3v) is 9.98. The Balaban J connectivity index is 1.64. The fourth-order valence-electron chi connectivity index (χ4n) is 4.39. The van der Waals surface area contributed by atoms with Crippen LogP contribution < -0.4 is 4.90 Å². The number of carbonyl (C=O) groups is 1. The molecule has 174 valence electrons. The van der Waals surface area contributed by atoms with Gasteiger partial charge >= 0.3 is 0 Å². The van der Waals surface area contributed by atoms with Crippen molar-refractivity contribution in [1.82, 2.24) is 13.8 Å². The molecular formula is C20H26N4O6S2. The van der Waals surface area contributed by atoms with E-state index < -0.39 is 26.1 Å². The standard InChI is InChI=1S/C20H26N4O6S2/c1-13-19(14(2)30-21-13)32(28,29)24-10-5-6-18(24)20(25)23-11-9-15-12-16(7-8-17(15)23)31(26,27)22(3)4/h7-8,12,18H,5-6,9-11H2,1-4H3/t18-/m0/s1. The first kappa shape index (κ1) is 22.9. The highest BCUT2D eigenvalue weighted by Gasteiger charge is 2.44. The Labute approximate surface area is 187 Å². The molecule has 0 bridgehead atoms. The third-order valence-electron chi connectivity index (χ3n) is 6.01. The number of anilines is 1. The SMILES string of the molecule is Cc1noc(C)c1S(=O)(=O)N1CCC[C@H]1C(=O)N1CCc2cc(S(=O)(=O)N(C)C)ccc21. The minimum Gasteiger partial charge on any atom is -0.360 e. The van der Waals surface area contributed by atoms with E-state index >= 15 is 0 Å². The molecule has 32 heavy (non-hydrogen) atoms. The molecule has 1 saturated heterocycles. The van der Waals surface area contributed by atoms with Crippen molar-refractivity contribution in [3.63, 3.8) is 0 Å². The molecule has 0 spiro atoms. The second kappa shape index (κ2) is 7.94. The van der Waals surface area contributed by atoms with Gasteiger partial charge in [-0.2, -0.15) is 4.31 Å². The van der Waals surface area contributed by atoms with Gasteiger partial charge in [0.1, 0.15) is 16.6 Å². The molecule has 4 rings (SSSR count). The summed E-state index contributed by atoms with van der Waals surface area (Å²) in [5.41, 5.74) is 1.63. The third kappa shape index (κ3) is 3.54. The van der Waals surface area contributed by atoms with Crippen LogP contribution in [0.15, 0.2) is 32.5 Å². The molecule has 0 aliphatic carbocycles. The number of aromatic nitrogens is 1. The minimum atomic E-state index is -3.95. The van der Waals surface area contributed by atoms with Gasteiger partial charge in [0.2, 0.25) is 26.0 Å². The first-order valence-corrected chi connectivity index (χ1v) is 13.2. The number of fused-ring (bicyclic) bond motifs is 1. The van der Waals surface area contributed by atoms with Gasteiger partial charge in [-0.15, -0.1) is 0 Å². The van der Waals surface area contributed by atoms with E-state index in [1.54, 1.807) is 24.0 Å². The smallest absolute Gasteiger partial charge is 0.249 e. The number of hydrogen-bond donors (Lipinski definition) is 0. The zero-order chi connectivity index (χ0) is 23.4. The summed E-state index contributed by atoms with van der Waals surface area (Å²) in [7, 11) is -4.60. The maximum Gasteiger partial charge on any atom is 0.249 e. The van der Waals surface area contributed by atoms with Gasteiger partial charge < -0.3 is 9.42 Å². The topological polar surface area (TPSA) is 121 Å². The summed E-state index contributed by atoms with van der Waals surface area (Å²) in [6, 6.07) is 3.86. The van der Waals surface area contributed by atoms with E-state index in [1.807, 2.05) is 0 Å². The molecule has 1 aromatic carbocycles. The van der Waals surface area contributed by atoms with Crippen LogP contribution in [0.2, 0.25) is 0 Å². The van der Waals surface area contributed by atoms with Crippen molar-refractivity contribution >= 4 is 31.6 Å². The van der Waals surface area contributed by atoms with Gasteiger partial charge in [0, 0.05) is 32.9 Å². The van der Waals surface area contributed by atoms with E-state index in [1.165, 1.54) is 31.4 Å². The lowest BCUT2D eigenvalue weighted by Gasteiger charge is -2.27. The average molecular weight is 483 g/mol. The molecule has 1 fully saturated rings. The Hall–Kier alpha value is -2.28. The molecular weight excluding hydrogens is 456 g/mol. The zero-order valence-electron chi connectivity index (χ0n) is 18.4. The number of amides is 1. The zero-order valence-corrected chi connectivity index (χ0v) is 20.0. The molecule has 12 heteroatoms. The number of benzene rings is 1. The maximum absolute atomic E-state index is 13.5. The van der Waals surface area contributed by atoms with Crippen molar-refractivity contribution in [1.29, 1.82) is 0 Å². The molecule has 0 N–H and O–H groups in total. The lowest BCUT2D eigenvalue weighted by atomic mass is 10.1. The largest absolute Gasteiger partial charge is 0.360 e. The molecule has 0 radical (unpaired) electrons. The van der Waals surface area contributed by atoms with E-state index in [0.717, 1.165) is 9.87 Å². The van der Waals surface area contributed by atoms with Gasteiger partial charge in [0.05, 0.1) is 4.90 Å². The summed E-state index contributed by atoms with van der Waals surface area (Å²) in [5.74, 6) is -0.110. The molecule has 3 heterocycles. The van der Waals surface area contributed by atoms with Gasteiger partial charge in [-0.25, -0.2) is 21.1 Å². The second-order valence-electron chi connectivity index (χ2n) is 8.24. The Bertz CT molecular complexity index is 1260. The summed E-state index contributed by atoms with van der Waals surface area (Å²) in [4.78, 5) is 15.2. The number of aryl methyl sites for hydroxylation is 2. The summed E-state index contributed by atoms with van der Waals surface area (Å²) < 4.78 is 58.9. The van der Waals surface area contributed by atoms with Crippen molar-refractivity contribution in [2.45, 2.75) is 48.9 Å². The van der Waals surface area contributed by atoms with Crippen molar-refractivity contribution in [3.05, 3.63) is 35.2 Å². The summed E-state index contributed by atoms with van der Waals surface area (Å²) in [5, 5.41) is 3.74. The monoisotopic (exact) mass is 482 g/mol. The van der Waals surface area contributed by atoms with Crippen LogP contribution in [0.3, 0.4) is 0 Å². The van der Waals surface area contributed by atoms with E-state index in [9.17, 15) is 21.6 Å². The van der Waals surface area contributed by atoms with Crippen LogP contribution in [0.5, 0.6) is 0 Å². The second-order valence-corrected chi connectivity index (χ2v) is 12.2. The Morgan fingerprint density at radius 2 is 1.88 bits per heavy atom. The minimum absolute atomic E-state index is 0.0116. The quantitative estimate of drug-likeness (QED) is 0.629. The molecule has 1 aromatic heterocycles. The van der Waals surface area contributed by atoms with Crippen molar-refractivity contribution in [2.24, 2.45) is 0 Å². The summed E-state index contributed by atoms with van der Waals surface area (Å²) >= 11 is 0. The molecule has 1 atom stereocenters. The summed E-state index contributed by atoms with van der Waals surface area (Å²) in [6.07, 6.45) is 1.49. The highest BCUT2D eigenvalue weighted by molar-refractivity contribution is 7.89. The van der Waals surface area contributed by atoms with E-state index in [4.69, 9.17) is 4.52 Å². The Morgan fingerprint density at radius 3 is 2.50 bits per heavy atom.